The fraction of sp³-hybridized carbons (Fsp3) is 0.500. The summed E-state index contributed by atoms with van der Waals surface area (Å²) in [7, 11) is 3.35. The highest BCUT2D eigenvalue weighted by atomic mass is 16.7. The van der Waals surface area contributed by atoms with Crippen molar-refractivity contribution in [2.24, 2.45) is 11.8 Å². The lowest BCUT2D eigenvalue weighted by molar-refractivity contribution is -0.124. The van der Waals surface area contributed by atoms with E-state index in [1.54, 1.807) is 43.3 Å². The van der Waals surface area contributed by atoms with Crippen molar-refractivity contribution in [3.05, 3.63) is 36.0 Å². The number of carbonyl (C=O) groups excluding carboxylic acids is 2. The van der Waals surface area contributed by atoms with E-state index in [4.69, 9.17) is 4.74 Å². The smallest absolute Gasteiger partial charge is 0.449 e. The summed E-state index contributed by atoms with van der Waals surface area (Å²) < 4.78 is 6.47. The van der Waals surface area contributed by atoms with Crippen molar-refractivity contribution in [3.8, 4) is 11.4 Å². The van der Waals surface area contributed by atoms with Crippen LogP contribution in [0.1, 0.15) is 56.8 Å². The quantitative estimate of drug-likeness (QED) is 0.653. The summed E-state index contributed by atoms with van der Waals surface area (Å²) in [5.74, 6) is 0.448. The first kappa shape index (κ1) is 24.3. The lowest BCUT2D eigenvalue weighted by atomic mass is 9.82. The Labute approximate surface area is 193 Å². The minimum Gasteiger partial charge on any atom is -0.449 e. The fourth-order valence-corrected chi connectivity index (χ4v) is 4.14. The van der Waals surface area contributed by atoms with Crippen LogP contribution in [0.3, 0.4) is 0 Å². The van der Waals surface area contributed by atoms with Crippen molar-refractivity contribution >= 4 is 23.8 Å². The van der Waals surface area contributed by atoms with Crippen molar-refractivity contribution in [3.63, 3.8) is 0 Å². The zero-order chi connectivity index (χ0) is 24.3. The Bertz CT molecular complexity index is 1000. The molecule has 1 aliphatic rings. The molecule has 9 nitrogen and oxygen atoms in total. The summed E-state index contributed by atoms with van der Waals surface area (Å²) in [5, 5.41) is 13.8. The molecular weight excluding hydrogens is 424 g/mol. The monoisotopic (exact) mass is 456 g/mol. The number of carboxylic acid groups (broad SMARTS) is 1. The molecule has 33 heavy (non-hydrogen) atoms. The lowest BCUT2D eigenvalue weighted by Crippen LogP contribution is -2.42. The standard InChI is InChI=1S/C24H32N4O5/c1-15(2)28(23(30)18-8-6-16(3)7-9-18)21-20(33-24(31)32)14-27(25-21)19-12-10-17(11-13-19)22(29)26(4)5/h10-16,18H,6-9H2,1-5H3,(H,31,32)/t16-,18-. The number of benzene rings is 1. The summed E-state index contributed by atoms with van der Waals surface area (Å²) in [6.07, 6.45) is 3.56. The minimum atomic E-state index is -1.48. The molecule has 0 bridgehead atoms. The van der Waals surface area contributed by atoms with Gasteiger partial charge in [-0.2, -0.15) is 0 Å². The van der Waals surface area contributed by atoms with Crippen LogP contribution in [0.5, 0.6) is 5.75 Å². The molecule has 0 unspecified atom stereocenters. The third-order valence-electron chi connectivity index (χ3n) is 5.99. The Kier molecular flexibility index (Phi) is 7.40. The number of carbonyl (C=O) groups is 3. The van der Waals surface area contributed by atoms with E-state index in [0.29, 0.717) is 17.2 Å². The van der Waals surface area contributed by atoms with E-state index in [2.05, 4.69) is 12.0 Å². The van der Waals surface area contributed by atoms with Crippen molar-refractivity contribution in [1.82, 2.24) is 14.7 Å². The molecule has 178 valence electrons. The number of amides is 2. The highest BCUT2D eigenvalue weighted by molar-refractivity contribution is 5.96. The van der Waals surface area contributed by atoms with Gasteiger partial charge in [0, 0.05) is 31.6 Å². The van der Waals surface area contributed by atoms with Gasteiger partial charge in [-0.1, -0.05) is 6.92 Å². The molecule has 2 amide bonds. The summed E-state index contributed by atoms with van der Waals surface area (Å²) >= 11 is 0. The Morgan fingerprint density at radius 2 is 1.70 bits per heavy atom. The molecule has 1 fully saturated rings. The van der Waals surface area contributed by atoms with E-state index in [9.17, 15) is 19.5 Å². The van der Waals surface area contributed by atoms with Crippen molar-refractivity contribution in [1.29, 1.82) is 0 Å². The maximum atomic E-state index is 13.4. The van der Waals surface area contributed by atoms with Gasteiger partial charge in [-0.15, -0.1) is 5.10 Å². The molecule has 0 radical (unpaired) electrons. The number of hydrogen-bond acceptors (Lipinski definition) is 5. The van der Waals surface area contributed by atoms with Gasteiger partial charge in [0.05, 0.1) is 11.9 Å². The molecule has 1 saturated carbocycles. The second-order valence-electron chi connectivity index (χ2n) is 9.13. The van der Waals surface area contributed by atoms with E-state index in [1.165, 1.54) is 15.8 Å². The van der Waals surface area contributed by atoms with Crippen molar-refractivity contribution in [2.75, 3.05) is 19.0 Å². The van der Waals surface area contributed by atoms with Gasteiger partial charge in [-0.25, -0.2) is 9.48 Å². The van der Waals surface area contributed by atoms with Crippen molar-refractivity contribution in [2.45, 2.75) is 52.5 Å². The normalized spacial score (nSPS) is 18.1. The SMILES string of the molecule is CC(C)N(c1nn(-c2ccc(C(=O)N(C)C)cc2)cc1OC(=O)O)C(=O)[C@H]1CC[C@H](C)CC1. The van der Waals surface area contributed by atoms with Gasteiger partial charge >= 0.3 is 6.16 Å². The Morgan fingerprint density at radius 3 is 2.21 bits per heavy atom. The summed E-state index contributed by atoms with van der Waals surface area (Å²) in [6.45, 7) is 5.93. The molecule has 1 aromatic carbocycles. The number of anilines is 1. The molecule has 0 aliphatic heterocycles. The van der Waals surface area contributed by atoms with Gasteiger partial charge in [-0.3, -0.25) is 14.5 Å². The zero-order valence-electron chi connectivity index (χ0n) is 19.8. The first-order chi connectivity index (χ1) is 15.6. The van der Waals surface area contributed by atoms with E-state index in [-0.39, 0.29) is 35.3 Å². The number of nitrogens with zero attached hydrogens (tertiary/aromatic N) is 4. The Hall–Kier alpha value is -3.36. The van der Waals surface area contributed by atoms with Crippen LogP contribution in [-0.4, -0.2) is 57.9 Å². The fourth-order valence-electron chi connectivity index (χ4n) is 4.14. The van der Waals surface area contributed by atoms with Crippen LogP contribution >= 0.6 is 0 Å². The average molecular weight is 457 g/mol. The highest BCUT2D eigenvalue weighted by Gasteiger charge is 2.34. The van der Waals surface area contributed by atoms with Crippen LogP contribution in [0.25, 0.3) is 5.69 Å². The topological polar surface area (TPSA) is 105 Å². The number of rotatable bonds is 6. The van der Waals surface area contributed by atoms with Crippen LogP contribution in [0.4, 0.5) is 10.6 Å². The summed E-state index contributed by atoms with van der Waals surface area (Å²) in [6, 6.07) is 6.53. The molecule has 0 saturated heterocycles. The first-order valence-electron chi connectivity index (χ1n) is 11.2. The third kappa shape index (κ3) is 5.53. The molecule has 9 heteroatoms. The van der Waals surface area contributed by atoms with Crippen molar-refractivity contribution < 1.29 is 24.2 Å². The first-order valence-corrected chi connectivity index (χ1v) is 11.2. The molecule has 0 atom stereocenters. The largest absolute Gasteiger partial charge is 0.511 e. The van der Waals surface area contributed by atoms with Crippen LogP contribution in [0.15, 0.2) is 30.5 Å². The second kappa shape index (κ2) is 10.1. The number of aromatic nitrogens is 2. The number of ether oxygens (including phenoxy) is 1. The lowest BCUT2D eigenvalue weighted by Gasteiger charge is -2.32. The predicted molar refractivity (Wildman–Crippen MR) is 124 cm³/mol. The van der Waals surface area contributed by atoms with Gasteiger partial charge in [0.2, 0.25) is 11.7 Å². The molecule has 3 rings (SSSR count). The van der Waals surface area contributed by atoms with E-state index >= 15 is 0 Å². The third-order valence-corrected chi connectivity index (χ3v) is 5.99. The van der Waals surface area contributed by atoms with Crippen LogP contribution in [-0.2, 0) is 4.79 Å². The second-order valence-corrected chi connectivity index (χ2v) is 9.13. The van der Waals surface area contributed by atoms with Crippen LogP contribution in [0, 0.1) is 11.8 Å². The minimum absolute atomic E-state index is 0.0119. The van der Waals surface area contributed by atoms with Crippen LogP contribution in [0.2, 0.25) is 0 Å². The molecule has 1 aromatic heterocycles. The molecule has 0 spiro atoms. The predicted octanol–water partition coefficient (Wildman–Crippen LogP) is 4.20. The summed E-state index contributed by atoms with van der Waals surface area (Å²) in [5.41, 5.74) is 1.12. The highest BCUT2D eigenvalue weighted by Crippen LogP contribution is 2.35. The van der Waals surface area contributed by atoms with E-state index in [0.717, 1.165) is 25.7 Å². The van der Waals surface area contributed by atoms with Gasteiger partial charge < -0.3 is 14.7 Å². The van der Waals surface area contributed by atoms with E-state index < -0.39 is 6.16 Å². The molecule has 1 heterocycles. The van der Waals surface area contributed by atoms with Gasteiger partial charge in [0.25, 0.3) is 5.91 Å². The number of hydrogen-bond donors (Lipinski definition) is 1. The summed E-state index contributed by atoms with van der Waals surface area (Å²) in [4.78, 5) is 40.0. The molecular formula is C24H32N4O5. The van der Waals surface area contributed by atoms with Gasteiger partial charge in [0.15, 0.2) is 5.75 Å². The van der Waals surface area contributed by atoms with Crippen LogP contribution < -0.4 is 9.64 Å². The molecule has 2 aromatic rings. The Morgan fingerprint density at radius 1 is 1.09 bits per heavy atom. The maximum absolute atomic E-state index is 13.4. The molecule has 1 N–H and O–H groups in total. The zero-order valence-corrected chi connectivity index (χ0v) is 19.8. The van der Waals surface area contributed by atoms with Gasteiger partial charge in [-0.05, 0) is 69.7 Å². The maximum Gasteiger partial charge on any atom is 0.511 e. The van der Waals surface area contributed by atoms with E-state index in [1.807, 2.05) is 13.8 Å². The van der Waals surface area contributed by atoms with Gasteiger partial charge in [0.1, 0.15) is 0 Å². The average Bonchev–Trinajstić information content (AvgIpc) is 3.16. The Balaban J connectivity index is 1.97. The molecule has 1 aliphatic carbocycles.